The van der Waals surface area contributed by atoms with E-state index < -0.39 is 6.09 Å². The average Bonchev–Trinajstić information content (AvgIpc) is 2.34. The van der Waals surface area contributed by atoms with Crippen LogP contribution < -0.4 is 0 Å². The van der Waals surface area contributed by atoms with Gasteiger partial charge in [0.1, 0.15) is 0 Å². The van der Waals surface area contributed by atoms with Crippen molar-refractivity contribution in [2.75, 3.05) is 13.1 Å². The second-order valence-corrected chi connectivity index (χ2v) is 3.71. The predicted molar refractivity (Wildman–Crippen MR) is 49.3 cm³/mol. The van der Waals surface area contributed by atoms with Crippen molar-refractivity contribution < 1.29 is 9.90 Å². The lowest BCUT2D eigenvalue weighted by Crippen LogP contribution is -2.25. The van der Waals surface area contributed by atoms with Crippen molar-refractivity contribution in [3.8, 4) is 0 Å². The molecule has 0 bridgehead atoms. The molecule has 0 aromatic carbocycles. The van der Waals surface area contributed by atoms with Crippen LogP contribution in [0.4, 0.5) is 4.79 Å². The molecule has 0 aliphatic carbocycles. The lowest BCUT2D eigenvalue weighted by molar-refractivity contribution is 0.156. The van der Waals surface area contributed by atoms with Gasteiger partial charge in [-0.1, -0.05) is 20.8 Å². The molecule has 3 heteroatoms. The quantitative estimate of drug-likeness (QED) is 0.611. The molecule has 0 atom stereocenters. The van der Waals surface area contributed by atoms with Gasteiger partial charge in [-0.05, 0) is 18.8 Å². The molecule has 0 radical (unpaired) electrons. The molecule has 3 nitrogen and oxygen atoms in total. The molecule has 1 aliphatic rings. The SMILES string of the molecule is CC(C)C.O=C(O)N1CCCC1. The molecule has 1 aliphatic heterocycles. The number of hydrogen-bond donors (Lipinski definition) is 1. The van der Waals surface area contributed by atoms with Crippen LogP contribution in [0.1, 0.15) is 33.6 Å². The molecule has 0 spiro atoms. The maximum atomic E-state index is 10.1. The maximum Gasteiger partial charge on any atom is 0.407 e. The molecule has 1 N–H and O–H groups in total. The summed E-state index contributed by atoms with van der Waals surface area (Å²) in [6.07, 6.45) is 1.29. The van der Waals surface area contributed by atoms with Gasteiger partial charge in [-0.3, -0.25) is 0 Å². The Kier molecular flexibility index (Phi) is 5.51. The third-order valence-corrected chi connectivity index (χ3v) is 1.38. The van der Waals surface area contributed by atoms with Crippen molar-refractivity contribution in [3.05, 3.63) is 0 Å². The lowest BCUT2D eigenvalue weighted by Gasteiger charge is -2.07. The van der Waals surface area contributed by atoms with Gasteiger partial charge in [-0.25, -0.2) is 4.79 Å². The van der Waals surface area contributed by atoms with Crippen LogP contribution in [-0.2, 0) is 0 Å². The molecule has 0 aromatic rings. The highest BCUT2D eigenvalue weighted by Crippen LogP contribution is 2.05. The van der Waals surface area contributed by atoms with Crippen LogP contribution in [0.5, 0.6) is 0 Å². The highest BCUT2D eigenvalue weighted by atomic mass is 16.4. The molecule has 12 heavy (non-hydrogen) atoms. The van der Waals surface area contributed by atoms with Crippen molar-refractivity contribution in [2.24, 2.45) is 5.92 Å². The highest BCUT2D eigenvalue weighted by molar-refractivity contribution is 5.65. The van der Waals surface area contributed by atoms with Crippen molar-refractivity contribution in [1.82, 2.24) is 4.90 Å². The van der Waals surface area contributed by atoms with Crippen LogP contribution in [0.3, 0.4) is 0 Å². The topological polar surface area (TPSA) is 40.5 Å². The normalized spacial score (nSPS) is 15.8. The van der Waals surface area contributed by atoms with Gasteiger partial charge in [0.05, 0.1) is 0 Å². The van der Waals surface area contributed by atoms with Gasteiger partial charge in [0.2, 0.25) is 0 Å². The molecule has 1 amide bonds. The number of hydrogen-bond acceptors (Lipinski definition) is 1. The minimum atomic E-state index is -0.775. The van der Waals surface area contributed by atoms with E-state index in [9.17, 15) is 4.79 Å². The van der Waals surface area contributed by atoms with Crippen LogP contribution >= 0.6 is 0 Å². The summed E-state index contributed by atoms with van der Waals surface area (Å²) in [7, 11) is 0. The average molecular weight is 173 g/mol. The predicted octanol–water partition coefficient (Wildman–Crippen LogP) is 2.42. The maximum absolute atomic E-state index is 10.1. The van der Waals surface area contributed by atoms with E-state index in [0.717, 1.165) is 31.8 Å². The molecule has 0 unspecified atom stereocenters. The van der Waals surface area contributed by atoms with Crippen LogP contribution in [0.25, 0.3) is 0 Å². The summed E-state index contributed by atoms with van der Waals surface area (Å²) in [5.74, 6) is 0.833. The van der Waals surface area contributed by atoms with Crippen LogP contribution in [-0.4, -0.2) is 29.2 Å². The molecule has 1 heterocycles. The van der Waals surface area contributed by atoms with Gasteiger partial charge in [-0.2, -0.15) is 0 Å². The summed E-state index contributed by atoms with van der Waals surface area (Å²) in [5.41, 5.74) is 0. The van der Waals surface area contributed by atoms with Crippen LogP contribution in [0.2, 0.25) is 0 Å². The zero-order valence-electron chi connectivity index (χ0n) is 8.21. The van der Waals surface area contributed by atoms with Crippen LogP contribution in [0.15, 0.2) is 0 Å². The molecule has 72 valence electrons. The molecule has 1 saturated heterocycles. The lowest BCUT2D eigenvalue weighted by atomic mass is 10.3. The zero-order valence-corrected chi connectivity index (χ0v) is 8.21. The van der Waals surface area contributed by atoms with Gasteiger partial charge in [0.15, 0.2) is 0 Å². The largest absolute Gasteiger partial charge is 0.465 e. The first-order valence-corrected chi connectivity index (χ1v) is 4.52. The number of amides is 1. The first-order chi connectivity index (χ1) is 5.54. The molecule has 1 fully saturated rings. The van der Waals surface area contributed by atoms with E-state index in [4.69, 9.17) is 5.11 Å². The van der Waals surface area contributed by atoms with Crippen molar-refractivity contribution in [1.29, 1.82) is 0 Å². The Balaban J connectivity index is 0.000000261. The fourth-order valence-corrected chi connectivity index (χ4v) is 0.908. The smallest absolute Gasteiger partial charge is 0.407 e. The van der Waals surface area contributed by atoms with Gasteiger partial charge < -0.3 is 10.0 Å². The summed E-state index contributed by atoms with van der Waals surface area (Å²) in [6.45, 7) is 7.96. The van der Waals surface area contributed by atoms with E-state index in [1.807, 2.05) is 0 Å². The number of carboxylic acid groups (broad SMARTS) is 1. The Bertz CT molecular complexity index is 126. The van der Waals surface area contributed by atoms with E-state index in [2.05, 4.69) is 20.8 Å². The first-order valence-electron chi connectivity index (χ1n) is 4.52. The van der Waals surface area contributed by atoms with Crippen molar-refractivity contribution >= 4 is 6.09 Å². The van der Waals surface area contributed by atoms with Gasteiger partial charge in [-0.15, -0.1) is 0 Å². The van der Waals surface area contributed by atoms with E-state index in [1.165, 1.54) is 4.90 Å². The Morgan fingerprint density at radius 2 is 1.58 bits per heavy atom. The molecule has 0 aromatic heterocycles. The highest BCUT2D eigenvalue weighted by Gasteiger charge is 2.15. The van der Waals surface area contributed by atoms with Crippen molar-refractivity contribution in [3.63, 3.8) is 0 Å². The monoisotopic (exact) mass is 173 g/mol. The van der Waals surface area contributed by atoms with Crippen molar-refractivity contribution in [2.45, 2.75) is 33.6 Å². The molecule has 1 rings (SSSR count). The van der Waals surface area contributed by atoms with E-state index in [1.54, 1.807) is 0 Å². The minimum Gasteiger partial charge on any atom is -0.465 e. The van der Waals surface area contributed by atoms with E-state index in [-0.39, 0.29) is 0 Å². The minimum absolute atomic E-state index is 0.731. The molecule has 0 saturated carbocycles. The van der Waals surface area contributed by atoms with E-state index >= 15 is 0 Å². The number of carbonyl (C=O) groups is 1. The molecular formula is C9H19NO2. The summed E-state index contributed by atoms with van der Waals surface area (Å²) < 4.78 is 0. The second-order valence-electron chi connectivity index (χ2n) is 3.71. The summed E-state index contributed by atoms with van der Waals surface area (Å²) in [5, 5.41) is 8.34. The summed E-state index contributed by atoms with van der Waals surface area (Å²) in [4.78, 5) is 11.6. The number of rotatable bonds is 0. The summed E-state index contributed by atoms with van der Waals surface area (Å²) >= 11 is 0. The second kappa shape index (κ2) is 5.86. The van der Waals surface area contributed by atoms with E-state index in [0.29, 0.717) is 0 Å². The standard InChI is InChI=1S/C5H9NO2.C4H10/c7-5(8)6-3-1-2-4-6;1-4(2)3/h1-4H2,(H,7,8);4H,1-3H3. The zero-order chi connectivity index (χ0) is 9.56. The van der Waals surface area contributed by atoms with Crippen LogP contribution in [0, 0.1) is 5.92 Å². The first kappa shape index (κ1) is 11.3. The van der Waals surface area contributed by atoms with Gasteiger partial charge in [0, 0.05) is 13.1 Å². The Morgan fingerprint density at radius 3 is 1.75 bits per heavy atom. The number of likely N-dealkylation sites (tertiary alicyclic amines) is 1. The third kappa shape index (κ3) is 6.01. The Morgan fingerprint density at radius 1 is 1.25 bits per heavy atom. The fraction of sp³-hybridized carbons (Fsp3) is 0.889. The number of nitrogens with zero attached hydrogens (tertiary/aromatic N) is 1. The Labute approximate surface area is 74.4 Å². The van der Waals surface area contributed by atoms with Gasteiger partial charge >= 0.3 is 6.09 Å². The van der Waals surface area contributed by atoms with Gasteiger partial charge in [0.25, 0.3) is 0 Å². The third-order valence-electron chi connectivity index (χ3n) is 1.38. The Hall–Kier alpha value is -0.730. The summed E-state index contributed by atoms with van der Waals surface area (Å²) in [6, 6.07) is 0. The molecular weight excluding hydrogens is 154 g/mol. The fourth-order valence-electron chi connectivity index (χ4n) is 0.908.